The van der Waals surface area contributed by atoms with Crippen molar-refractivity contribution in [1.82, 2.24) is 0 Å². The molecule has 0 aromatic heterocycles. The van der Waals surface area contributed by atoms with Crippen LogP contribution in [0.4, 0.5) is 0 Å². The Labute approximate surface area is 54.9 Å². The van der Waals surface area contributed by atoms with E-state index in [9.17, 15) is 4.79 Å². The van der Waals surface area contributed by atoms with Gasteiger partial charge in [0.1, 0.15) is 5.78 Å². The van der Waals surface area contributed by atoms with E-state index in [-0.39, 0.29) is 18.3 Å². The predicted octanol–water partition coefficient (Wildman–Crippen LogP) is 0.594. The van der Waals surface area contributed by atoms with E-state index in [2.05, 4.69) is 0 Å². The molecule has 2 nitrogen and oxygen atoms in total. The van der Waals surface area contributed by atoms with Crippen LogP contribution in [-0.4, -0.2) is 17.5 Å². The number of ketones is 1. The van der Waals surface area contributed by atoms with Gasteiger partial charge in [0.05, 0.1) is 6.61 Å². The lowest BCUT2D eigenvalue weighted by Gasteiger charge is -2.07. The van der Waals surface area contributed by atoms with E-state index >= 15 is 0 Å². The fourth-order valence-electron chi connectivity index (χ4n) is 1.36. The highest BCUT2D eigenvalue weighted by molar-refractivity contribution is 5.83. The van der Waals surface area contributed by atoms with E-state index < -0.39 is 0 Å². The zero-order chi connectivity index (χ0) is 6.85. The molecule has 0 aromatic carbocycles. The lowest BCUT2D eigenvalue weighted by molar-refractivity contribution is -0.122. The molecule has 0 amide bonds. The molecule has 1 saturated carbocycles. The fraction of sp³-hybridized carbons (Fsp3) is 0.857. The number of carbonyl (C=O) groups excluding carboxylic acids is 1. The van der Waals surface area contributed by atoms with Gasteiger partial charge in [-0.1, -0.05) is 6.92 Å². The van der Waals surface area contributed by atoms with Crippen LogP contribution in [-0.2, 0) is 4.79 Å². The molecule has 0 saturated heterocycles. The summed E-state index contributed by atoms with van der Waals surface area (Å²) in [7, 11) is 0. The standard InChI is InChI=1S/C7H12O2/c1-5-2-3-7(9)6(5)4-8/h5-6,8H,2-4H2,1H3. The minimum Gasteiger partial charge on any atom is -0.396 e. The number of aliphatic hydroxyl groups is 1. The second-order valence-corrected chi connectivity index (χ2v) is 2.77. The number of Topliss-reactive ketones (excluding diaryl/α,β-unsaturated/α-hetero) is 1. The Kier molecular flexibility index (Phi) is 1.86. The van der Waals surface area contributed by atoms with E-state index in [1.165, 1.54) is 0 Å². The van der Waals surface area contributed by atoms with Crippen LogP contribution < -0.4 is 0 Å². The van der Waals surface area contributed by atoms with Crippen molar-refractivity contribution in [2.75, 3.05) is 6.61 Å². The van der Waals surface area contributed by atoms with Crippen molar-refractivity contribution in [2.45, 2.75) is 19.8 Å². The first-order valence-electron chi connectivity index (χ1n) is 3.39. The van der Waals surface area contributed by atoms with Crippen LogP contribution in [0.25, 0.3) is 0 Å². The smallest absolute Gasteiger partial charge is 0.138 e. The Balaban J connectivity index is 2.55. The second-order valence-electron chi connectivity index (χ2n) is 2.77. The Bertz CT molecular complexity index is 120. The Morgan fingerprint density at radius 2 is 2.44 bits per heavy atom. The van der Waals surface area contributed by atoms with E-state index in [1.54, 1.807) is 0 Å². The highest BCUT2D eigenvalue weighted by Crippen LogP contribution is 2.27. The fourth-order valence-corrected chi connectivity index (χ4v) is 1.36. The van der Waals surface area contributed by atoms with Crippen LogP contribution in [0.15, 0.2) is 0 Å². The monoisotopic (exact) mass is 128 g/mol. The number of hydrogen-bond acceptors (Lipinski definition) is 2. The highest BCUT2D eigenvalue weighted by atomic mass is 16.3. The molecule has 0 spiro atoms. The second kappa shape index (κ2) is 2.48. The summed E-state index contributed by atoms with van der Waals surface area (Å²) in [5, 5.41) is 8.69. The topological polar surface area (TPSA) is 37.3 Å². The molecule has 1 aliphatic carbocycles. The molecule has 9 heavy (non-hydrogen) atoms. The van der Waals surface area contributed by atoms with Crippen molar-refractivity contribution in [1.29, 1.82) is 0 Å². The van der Waals surface area contributed by atoms with Gasteiger partial charge in [0.15, 0.2) is 0 Å². The van der Waals surface area contributed by atoms with Crippen LogP contribution in [0.1, 0.15) is 19.8 Å². The summed E-state index contributed by atoms with van der Waals surface area (Å²) in [6, 6.07) is 0. The molecular weight excluding hydrogens is 116 g/mol. The number of aliphatic hydroxyl groups excluding tert-OH is 1. The molecule has 1 aliphatic rings. The van der Waals surface area contributed by atoms with Crippen molar-refractivity contribution in [3.63, 3.8) is 0 Å². The summed E-state index contributed by atoms with van der Waals surface area (Å²) in [5.41, 5.74) is 0. The predicted molar refractivity (Wildman–Crippen MR) is 34.0 cm³/mol. The van der Waals surface area contributed by atoms with Crippen molar-refractivity contribution in [2.24, 2.45) is 11.8 Å². The van der Waals surface area contributed by atoms with Crippen molar-refractivity contribution in [3.8, 4) is 0 Å². The highest BCUT2D eigenvalue weighted by Gasteiger charge is 2.30. The van der Waals surface area contributed by atoms with Gasteiger partial charge in [-0.2, -0.15) is 0 Å². The third-order valence-electron chi connectivity index (χ3n) is 2.14. The van der Waals surface area contributed by atoms with Crippen molar-refractivity contribution >= 4 is 5.78 Å². The quantitative estimate of drug-likeness (QED) is 0.561. The van der Waals surface area contributed by atoms with E-state index in [1.807, 2.05) is 6.92 Å². The summed E-state index contributed by atoms with van der Waals surface area (Å²) in [6.45, 7) is 2.06. The van der Waals surface area contributed by atoms with Gasteiger partial charge in [-0.3, -0.25) is 4.79 Å². The summed E-state index contributed by atoms with van der Waals surface area (Å²) in [6.07, 6.45) is 1.64. The number of hydrogen-bond donors (Lipinski definition) is 1. The van der Waals surface area contributed by atoms with Crippen LogP contribution in [0.3, 0.4) is 0 Å². The van der Waals surface area contributed by atoms with Crippen LogP contribution in [0.5, 0.6) is 0 Å². The van der Waals surface area contributed by atoms with Crippen molar-refractivity contribution < 1.29 is 9.90 Å². The maximum Gasteiger partial charge on any atom is 0.138 e. The van der Waals surface area contributed by atoms with Gasteiger partial charge in [0, 0.05) is 12.3 Å². The zero-order valence-corrected chi connectivity index (χ0v) is 5.63. The molecule has 2 unspecified atom stereocenters. The lowest BCUT2D eigenvalue weighted by atomic mass is 9.99. The molecule has 1 fully saturated rings. The van der Waals surface area contributed by atoms with Gasteiger partial charge < -0.3 is 5.11 Å². The van der Waals surface area contributed by atoms with E-state index in [4.69, 9.17) is 5.11 Å². The first kappa shape index (κ1) is 6.75. The third-order valence-corrected chi connectivity index (χ3v) is 2.14. The van der Waals surface area contributed by atoms with Crippen molar-refractivity contribution in [3.05, 3.63) is 0 Å². The average molecular weight is 128 g/mol. The van der Waals surface area contributed by atoms with Crippen LogP contribution in [0, 0.1) is 11.8 Å². The van der Waals surface area contributed by atoms with Gasteiger partial charge in [-0.05, 0) is 12.3 Å². The Morgan fingerprint density at radius 3 is 2.67 bits per heavy atom. The first-order chi connectivity index (χ1) is 4.25. The van der Waals surface area contributed by atoms with E-state index in [0.717, 1.165) is 6.42 Å². The third kappa shape index (κ3) is 1.13. The maximum atomic E-state index is 10.9. The molecule has 0 aliphatic heterocycles. The first-order valence-corrected chi connectivity index (χ1v) is 3.39. The molecule has 2 atom stereocenters. The molecule has 0 aromatic rings. The Hall–Kier alpha value is -0.370. The summed E-state index contributed by atoms with van der Waals surface area (Å²) >= 11 is 0. The molecule has 0 heterocycles. The van der Waals surface area contributed by atoms with Gasteiger partial charge in [0.25, 0.3) is 0 Å². The van der Waals surface area contributed by atoms with Gasteiger partial charge in [-0.25, -0.2) is 0 Å². The molecule has 0 radical (unpaired) electrons. The average Bonchev–Trinajstić information content (AvgIpc) is 2.12. The molecular formula is C7H12O2. The molecule has 52 valence electrons. The normalized spacial score (nSPS) is 35.6. The Morgan fingerprint density at radius 1 is 1.78 bits per heavy atom. The molecule has 1 N–H and O–H groups in total. The van der Waals surface area contributed by atoms with Gasteiger partial charge >= 0.3 is 0 Å². The summed E-state index contributed by atoms with van der Waals surface area (Å²) < 4.78 is 0. The van der Waals surface area contributed by atoms with Crippen LogP contribution >= 0.6 is 0 Å². The molecule has 2 heteroatoms. The molecule has 1 rings (SSSR count). The summed E-state index contributed by atoms with van der Waals surface area (Å²) in [4.78, 5) is 10.9. The van der Waals surface area contributed by atoms with Crippen LogP contribution in [0.2, 0.25) is 0 Å². The maximum absolute atomic E-state index is 10.9. The van der Waals surface area contributed by atoms with E-state index in [0.29, 0.717) is 12.3 Å². The largest absolute Gasteiger partial charge is 0.396 e. The zero-order valence-electron chi connectivity index (χ0n) is 5.63. The number of carbonyl (C=O) groups is 1. The minimum atomic E-state index is -0.0509. The van der Waals surface area contributed by atoms with Gasteiger partial charge in [0.2, 0.25) is 0 Å². The lowest BCUT2D eigenvalue weighted by Crippen LogP contribution is -2.16. The number of rotatable bonds is 1. The summed E-state index contributed by atoms with van der Waals surface area (Å²) in [5.74, 6) is 0.595. The SMILES string of the molecule is CC1CCC(=O)C1CO. The minimum absolute atomic E-state index is 0.0417. The van der Waals surface area contributed by atoms with Gasteiger partial charge in [-0.15, -0.1) is 0 Å². The molecule has 0 bridgehead atoms.